The fourth-order valence-electron chi connectivity index (χ4n) is 2.43. The van der Waals surface area contributed by atoms with Crippen LogP contribution in [0.4, 0.5) is 0 Å². The van der Waals surface area contributed by atoms with Crippen LogP contribution in [0.3, 0.4) is 0 Å². The van der Waals surface area contributed by atoms with Crippen molar-refractivity contribution in [3.63, 3.8) is 0 Å². The third-order valence-electron chi connectivity index (χ3n) is 3.70. The number of nitrogens with one attached hydrogen (secondary N) is 1. The number of hydrogen-bond acceptors (Lipinski definition) is 2. The first-order valence-corrected chi connectivity index (χ1v) is 6.05. The topological polar surface area (TPSA) is 29.9 Å². The van der Waals surface area contributed by atoms with Crippen molar-refractivity contribution in [2.75, 3.05) is 0 Å². The normalized spacial score (nSPS) is 21.2. The maximum Gasteiger partial charge on any atom is 0.0518 e. The summed E-state index contributed by atoms with van der Waals surface area (Å²) in [5.41, 5.74) is 1.29. The van der Waals surface area contributed by atoms with Crippen molar-refractivity contribution in [3.05, 3.63) is 18.0 Å². The fourth-order valence-corrected chi connectivity index (χ4v) is 2.43. The minimum atomic E-state index is 0.792. The van der Waals surface area contributed by atoms with E-state index in [1.807, 2.05) is 17.9 Å². The lowest BCUT2D eigenvalue weighted by Gasteiger charge is -2.17. The third kappa shape index (κ3) is 2.07. The van der Waals surface area contributed by atoms with E-state index in [-0.39, 0.29) is 0 Å². The summed E-state index contributed by atoms with van der Waals surface area (Å²) in [5, 5.41) is 7.92. The van der Waals surface area contributed by atoms with Gasteiger partial charge in [0.05, 0.1) is 5.69 Å². The molecular formula is C12H19N3. The first kappa shape index (κ1) is 9.40. The van der Waals surface area contributed by atoms with Gasteiger partial charge in [0, 0.05) is 25.8 Å². The van der Waals surface area contributed by atoms with Gasteiger partial charge in [0.15, 0.2) is 0 Å². The highest BCUT2D eigenvalue weighted by Gasteiger charge is 2.40. The number of nitrogens with zero attached hydrogens (tertiary/aromatic N) is 2. The van der Waals surface area contributed by atoms with Crippen molar-refractivity contribution >= 4 is 0 Å². The van der Waals surface area contributed by atoms with E-state index in [4.69, 9.17) is 0 Å². The van der Waals surface area contributed by atoms with E-state index in [0.29, 0.717) is 0 Å². The van der Waals surface area contributed by atoms with Crippen LogP contribution in [0.2, 0.25) is 0 Å². The van der Waals surface area contributed by atoms with E-state index in [1.54, 1.807) is 0 Å². The van der Waals surface area contributed by atoms with Gasteiger partial charge in [0.2, 0.25) is 0 Å². The largest absolute Gasteiger partial charge is 0.308 e. The van der Waals surface area contributed by atoms with Gasteiger partial charge >= 0.3 is 0 Å². The highest BCUT2D eigenvalue weighted by atomic mass is 15.3. The molecule has 2 aliphatic carbocycles. The summed E-state index contributed by atoms with van der Waals surface area (Å²) in [6, 6.07) is 2.89. The molecule has 2 aliphatic rings. The molecule has 3 rings (SSSR count). The Bertz CT molecular complexity index is 324. The number of rotatable bonds is 5. The molecule has 2 saturated carbocycles. The van der Waals surface area contributed by atoms with Gasteiger partial charge in [-0.1, -0.05) is 0 Å². The van der Waals surface area contributed by atoms with Gasteiger partial charge < -0.3 is 5.32 Å². The van der Waals surface area contributed by atoms with Crippen molar-refractivity contribution in [1.29, 1.82) is 0 Å². The van der Waals surface area contributed by atoms with Gasteiger partial charge in [-0.05, 0) is 43.6 Å². The van der Waals surface area contributed by atoms with Crippen molar-refractivity contribution in [1.82, 2.24) is 15.1 Å². The second-order valence-corrected chi connectivity index (χ2v) is 5.03. The van der Waals surface area contributed by atoms with Crippen LogP contribution in [-0.2, 0) is 13.6 Å². The molecule has 15 heavy (non-hydrogen) atoms. The maximum absolute atomic E-state index is 4.19. The minimum Gasteiger partial charge on any atom is -0.308 e. The average Bonchev–Trinajstić information content (AvgIpc) is 3.11. The monoisotopic (exact) mass is 205 g/mol. The van der Waals surface area contributed by atoms with Crippen LogP contribution in [0.5, 0.6) is 0 Å². The van der Waals surface area contributed by atoms with Crippen LogP contribution >= 0.6 is 0 Å². The summed E-state index contributed by atoms with van der Waals surface area (Å²) in [5.74, 6) is 1.96. The summed E-state index contributed by atoms with van der Waals surface area (Å²) < 4.78 is 1.96. The molecule has 0 spiro atoms. The Hall–Kier alpha value is -0.830. The summed E-state index contributed by atoms with van der Waals surface area (Å²) >= 11 is 0. The standard InChI is InChI=1S/C12H19N3/c1-15-11(6-7-14-15)8-13-12(9-2-3-9)10-4-5-10/h6-7,9-10,12-13H,2-5,8H2,1H3. The number of aromatic nitrogens is 2. The second-order valence-electron chi connectivity index (χ2n) is 5.03. The summed E-state index contributed by atoms with van der Waals surface area (Å²) in [6.45, 7) is 0.980. The Morgan fingerprint density at radius 2 is 2.07 bits per heavy atom. The van der Waals surface area contributed by atoms with E-state index < -0.39 is 0 Å². The van der Waals surface area contributed by atoms with Crippen LogP contribution in [0.1, 0.15) is 31.4 Å². The van der Waals surface area contributed by atoms with Crippen molar-refractivity contribution in [3.8, 4) is 0 Å². The SMILES string of the molecule is Cn1nccc1CNC(C1CC1)C1CC1. The molecule has 0 atom stereocenters. The molecule has 0 unspecified atom stereocenters. The van der Waals surface area contributed by atoms with Crippen LogP contribution in [0.25, 0.3) is 0 Å². The Morgan fingerprint density at radius 3 is 2.53 bits per heavy atom. The molecule has 1 aromatic rings. The smallest absolute Gasteiger partial charge is 0.0518 e. The fraction of sp³-hybridized carbons (Fsp3) is 0.750. The minimum absolute atomic E-state index is 0.792. The Kier molecular flexibility index (Phi) is 2.28. The molecule has 0 saturated heterocycles. The molecule has 2 fully saturated rings. The Labute approximate surface area is 90.9 Å². The molecule has 0 amide bonds. The highest BCUT2D eigenvalue weighted by molar-refractivity contribution is 5.02. The van der Waals surface area contributed by atoms with Crippen molar-refractivity contribution < 1.29 is 0 Å². The molecule has 0 aromatic carbocycles. The quantitative estimate of drug-likeness (QED) is 0.793. The van der Waals surface area contributed by atoms with Gasteiger partial charge in [0.25, 0.3) is 0 Å². The summed E-state index contributed by atoms with van der Waals surface area (Å²) in [6.07, 6.45) is 7.65. The molecule has 1 aromatic heterocycles. The Balaban J connectivity index is 1.57. The van der Waals surface area contributed by atoms with E-state index in [9.17, 15) is 0 Å². The maximum atomic E-state index is 4.19. The predicted octanol–water partition coefficient (Wildman–Crippen LogP) is 1.70. The molecule has 1 heterocycles. The van der Waals surface area contributed by atoms with Gasteiger partial charge in [0.1, 0.15) is 0 Å². The molecule has 3 heteroatoms. The zero-order valence-corrected chi connectivity index (χ0v) is 9.32. The predicted molar refractivity (Wildman–Crippen MR) is 59.3 cm³/mol. The number of hydrogen-bond donors (Lipinski definition) is 1. The lowest BCUT2D eigenvalue weighted by molar-refractivity contribution is 0.409. The zero-order chi connectivity index (χ0) is 10.3. The van der Waals surface area contributed by atoms with Gasteiger partial charge in [-0.3, -0.25) is 4.68 Å². The Morgan fingerprint density at radius 1 is 1.40 bits per heavy atom. The molecule has 82 valence electrons. The van der Waals surface area contributed by atoms with Crippen LogP contribution in [-0.4, -0.2) is 15.8 Å². The third-order valence-corrected chi connectivity index (χ3v) is 3.70. The lowest BCUT2D eigenvalue weighted by Crippen LogP contribution is -2.33. The van der Waals surface area contributed by atoms with E-state index in [1.165, 1.54) is 31.4 Å². The molecule has 1 N–H and O–H groups in total. The molecule has 0 bridgehead atoms. The molecule has 3 nitrogen and oxygen atoms in total. The molecule has 0 radical (unpaired) electrons. The van der Waals surface area contributed by atoms with Crippen LogP contribution < -0.4 is 5.32 Å². The highest BCUT2D eigenvalue weighted by Crippen LogP contribution is 2.44. The van der Waals surface area contributed by atoms with Gasteiger partial charge in [-0.25, -0.2) is 0 Å². The van der Waals surface area contributed by atoms with E-state index in [2.05, 4.69) is 16.5 Å². The van der Waals surface area contributed by atoms with Crippen LogP contribution in [0.15, 0.2) is 12.3 Å². The summed E-state index contributed by atoms with van der Waals surface area (Å²) in [4.78, 5) is 0. The average molecular weight is 205 g/mol. The first-order chi connectivity index (χ1) is 7.34. The molecular weight excluding hydrogens is 186 g/mol. The van der Waals surface area contributed by atoms with Gasteiger partial charge in [-0.15, -0.1) is 0 Å². The van der Waals surface area contributed by atoms with Gasteiger partial charge in [-0.2, -0.15) is 5.10 Å². The number of aryl methyl sites for hydroxylation is 1. The van der Waals surface area contributed by atoms with E-state index >= 15 is 0 Å². The lowest BCUT2D eigenvalue weighted by atomic mass is 10.1. The first-order valence-electron chi connectivity index (χ1n) is 6.05. The second kappa shape index (κ2) is 3.63. The summed E-state index contributed by atoms with van der Waals surface area (Å²) in [7, 11) is 2.01. The zero-order valence-electron chi connectivity index (χ0n) is 9.32. The van der Waals surface area contributed by atoms with Crippen molar-refractivity contribution in [2.45, 2.75) is 38.3 Å². The van der Waals surface area contributed by atoms with E-state index in [0.717, 1.165) is 24.4 Å². The molecule has 0 aliphatic heterocycles. The van der Waals surface area contributed by atoms with Crippen molar-refractivity contribution in [2.24, 2.45) is 18.9 Å². The van der Waals surface area contributed by atoms with Crippen LogP contribution in [0, 0.1) is 11.8 Å².